The maximum Gasteiger partial charge on any atom is 0.234 e. The van der Waals surface area contributed by atoms with Crippen LogP contribution >= 0.6 is 23.2 Å². The standard InChI is InChI=1S/C19H21Cl2FN2O3/c1-12(13-9-16(22)15(21)10-14(13)20)24-11-19(25)23-7-8-27-18-6-4-3-5-17(18)26-2/h3-6,9-10,12,24H,7-8,11H2,1-2H3,(H,23,25)/t12-/m1/s1. The average molecular weight is 415 g/mol. The lowest BCUT2D eigenvalue weighted by Crippen LogP contribution is -2.37. The summed E-state index contributed by atoms with van der Waals surface area (Å²) >= 11 is 11.8. The third-order valence-electron chi connectivity index (χ3n) is 3.83. The SMILES string of the molecule is COc1ccccc1OCCNC(=O)CN[C@H](C)c1cc(F)c(Cl)cc1Cl. The number of amides is 1. The summed E-state index contributed by atoms with van der Waals surface area (Å²) in [5.74, 6) is 0.477. The largest absolute Gasteiger partial charge is 0.493 e. The van der Waals surface area contributed by atoms with E-state index < -0.39 is 5.82 Å². The van der Waals surface area contributed by atoms with Crippen molar-refractivity contribution in [2.45, 2.75) is 13.0 Å². The second-order valence-corrected chi connectivity index (χ2v) is 6.55. The first kappa shape index (κ1) is 21.3. The lowest BCUT2D eigenvalue weighted by atomic mass is 10.1. The maximum atomic E-state index is 13.6. The first-order chi connectivity index (χ1) is 12.9. The van der Waals surface area contributed by atoms with E-state index >= 15 is 0 Å². The summed E-state index contributed by atoms with van der Waals surface area (Å²) in [7, 11) is 1.57. The fraction of sp³-hybridized carbons (Fsp3) is 0.316. The van der Waals surface area contributed by atoms with Crippen molar-refractivity contribution in [1.82, 2.24) is 10.6 Å². The second kappa shape index (κ2) is 10.3. The molecule has 0 spiro atoms. The van der Waals surface area contributed by atoms with Gasteiger partial charge in [0.2, 0.25) is 5.91 Å². The van der Waals surface area contributed by atoms with E-state index in [1.165, 1.54) is 12.1 Å². The van der Waals surface area contributed by atoms with E-state index in [2.05, 4.69) is 10.6 Å². The van der Waals surface area contributed by atoms with Crippen molar-refractivity contribution in [3.63, 3.8) is 0 Å². The van der Waals surface area contributed by atoms with E-state index in [0.717, 1.165) is 0 Å². The highest BCUT2D eigenvalue weighted by Crippen LogP contribution is 2.28. The van der Waals surface area contributed by atoms with E-state index in [9.17, 15) is 9.18 Å². The van der Waals surface area contributed by atoms with Gasteiger partial charge in [-0.3, -0.25) is 4.79 Å². The topological polar surface area (TPSA) is 59.6 Å². The minimum atomic E-state index is -0.553. The maximum absolute atomic E-state index is 13.6. The number of carbonyl (C=O) groups excluding carboxylic acids is 1. The number of halogens is 3. The fourth-order valence-electron chi connectivity index (χ4n) is 2.38. The molecule has 0 fully saturated rings. The Morgan fingerprint density at radius 2 is 1.89 bits per heavy atom. The zero-order valence-corrected chi connectivity index (χ0v) is 16.5. The third-order valence-corrected chi connectivity index (χ3v) is 4.44. The van der Waals surface area contributed by atoms with Crippen LogP contribution in [-0.4, -0.2) is 32.7 Å². The molecule has 2 aromatic carbocycles. The molecule has 1 atom stereocenters. The Labute approximate surface area is 167 Å². The van der Waals surface area contributed by atoms with Gasteiger partial charge in [-0.05, 0) is 36.8 Å². The summed E-state index contributed by atoms with van der Waals surface area (Å²) in [6, 6.07) is 9.57. The van der Waals surface area contributed by atoms with Crippen molar-refractivity contribution in [3.8, 4) is 11.5 Å². The number of rotatable bonds is 9. The van der Waals surface area contributed by atoms with Gasteiger partial charge in [0.05, 0.1) is 25.2 Å². The fourth-order valence-corrected chi connectivity index (χ4v) is 2.92. The molecule has 0 saturated heterocycles. The summed E-state index contributed by atoms with van der Waals surface area (Å²) < 4.78 is 24.4. The Balaban J connectivity index is 1.74. The lowest BCUT2D eigenvalue weighted by molar-refractivity contribution is -0.120. The van der Waals surface area contributed by atoms with E-state index in [4.69, 9.17) is 32.7 Å². The molecular weight excluding hydrogens is 394 g/mol. The van der Waals surface area contributed by atoms with Crippen LogP contribution in [-0.2, 0) is 4.79 Å². The van der Waals surface area contributed by atoms with E-state index in [1.54, 1.807) is 26.2 Å². The highest BCUT2D eigenvalue weighted by molar-refractivity contribution is 6.35. The van der Waals surface area contributed by atoms with Crippen LogP contribution < -0.4 is 20.1 Å². The molecule has 5 nitrogen and oxygen atoms in total. The van der Waals surface area contributed by atoms with Crippen molar-refractivity contribution in [2.75, 3.05) is 26.8 Å². The van der Waals surface area contributed by atoms with Crippen LogP contribution in [0, 0.1) is 5.82 Å². The van der Waals surface area contributed by atoms with Crippen molar-refractivity contribution in [3.05, 3.63) is 57.8 Å². The van der Waals surface area contributed by atoms with Crippen LogP contribution in [0.1, 0.15) is 18.5 Å². The van der Waals surface area contributed by atoms with Gasteiger partial charge in [-0.25, -0.2) is 4.39 Å². The molecule has 146 valence electrons. The quantitative estimate of drug-likeness (QED) is 0.481. The summed E-state index contributed by atoms with van der Waals surface area (Å²) in [5.41, 5.74) is 0.533. The van der Waals surface area contributed by atoms with Gasteiger partial charge in [-0.1, -0.05) is 35.3 Å². The molecule has 0 radical (unpaired) electrons. The molecule has 0 heterocycles. The predicted octanol–water partition coefficient (Wildman–Crippen LogP) is 3.99. The molecule has 1 amide bonds. The number of ether oxygens (including phenoxy) is 2. The molecule has 0 aromatic heterocycles. The molecule has 0 saturated carbocycles. The molecule has 2 aromatic rings. The Morgan fingerprint density at radius 1 is 1.19 bits per heavy atom. The Kier molecular flexibility index (Phi) is 8.16. The number of carbonyl (C=O) groups is 1. The van der Waals surface area contributed by atoms with Crippen molar-refractivity contribution >= 4 is 29.1 Å². The number of hydrogen-bond acceptors (Lipinski definition) is 4. The van der Waals surface area contributed by atoms with Crippen molar-refractivity contribution in [1.29, 1.82) is 0 Å². The van der Waals surface area contributed by atoms with Crippen LogP contribution in [0.4, 0.5) is 4.39 Å². The molecule has 0 bridgehead atoms. The lowest BCUT2D eigenvalue weighted by Gasteiger charge is -2.16. The number of benzene rings is 2. The van der Waals surface area contributed by atoms with E-state index in [1.807, 2.05) is 12.1 Å². The number of hydrogen-bond donors (Lipinski definition) is 2. The zero-order chi connectivity index (χ0) is 19.8. The summed E-state index contributed by atoms with van der Waals surface area (Å²) in [5, 5.41) is 6.03. The first-order valence-corrected chi connectivity index (χ1v) is 9.08. The van der Waals surface area contributed by atoms with Crippen LogP contribution in [0.25, 0.3) is 0 Å². The molecule has 0 unspecified atom stereocenters. The van der Waals surface area contributed by atoms with Gasteiger partial charge in [0.1, 0.15) is 12.4 Å². The number of nitrogens with one attached hydrogen (secondary N) is 2. The molecule has 8 heteroatoms. The van der Waals surface area contributed by atoms with E-state index in [0.29, 0.717) is 35.2 Å². The molecule has 2 rings (SSSR count). The van der Waals surface area contributed by atoms with Gasteiger partial charge in [0.15, 0.2) is 11.5 Å². The molecule has 0 aliphatic rings. The van der Waals surface area contributed by atoms with Crippen LogP contribution in [0.15, 0.2) is 36.4 Å². The minimum absolute atomic E-state index is 0.0382. The van der Waals surface area contributed by atoms with Gasteiger partial charge in [-0.15, -0.1) is 0 Å². The highest BCUT2D eigenvalue weighted by Gasteiger charge is 2.14. The smallest absolute Gasteiger partial charge is 0.234 e. The van der Waals surface area contributed by atoms with Crippen LogP contribution in [0.2, 0.25) is 10.0 Å². The average Bonchev–Trinajstić information content (AvgIpc) is 2.66. The van der Waals surface area contributed by atoms with Crippen molar-refractivity contribution in [2.24, 2.45) is 0 Å². The van der Waals surface area contributed by atoms with Gasteiger partial charge < -0.3 is 20.1 Å². The Bertz CT molecular complexity index is 790. The summed E-state index contributed by atoms with van der Waals surface area (Å²) in [6.45, 7) is 2.47. The Morgan fingerprint density at radius 3 is 2.59 bits per heavy atom. The zero-order valence-electron chi connectivity index (χ0n) is 15.0. The minimum Gasteiger partial charge on any atom is -0.493 e. The molecular formula is C19H21Cl2FN2O3. The molecule has 27 heavy (non-hydrogen) atoms. The third kappa shape index (κ3) is 6.27. The molecule has 0 aliphatic carbocycles. The van der Waals surface area contributed by atoms with Gasteiger partial charge >= 0.3 is 0 Å². The summed E-state index contributed by atoms with van der Waals surface area (Å²) in [4.78, 5) is 11.9. The monoisotopic (exact) mass is 414 g/mol. The second-order valence-electron chi connectivity index (χ2n) is 5.74. The van der Waals surface area contributed by atoms with Crippen molar-refractivity contribution < 1.29 is 18.7 Å². The Hall–Kier alpha value is -2.02. The van der Waals surface area contributed by atoms with Gasteiger partial charge in [0.25, 0.3) is 0 Å². The normalized spacial score (nSPS) is 11.7. The van der Waals surface area contributed by atoms with Gasteiger partial charge in [-0.2, -0.15) is 0 Å². The first-order valence-electron chi connectivity index (χ1n) is 8.32. The van der Waals surface area contributed by atoms with Gasteiger partial charge in [0, 0.05) is 11.1 Å². The summed E-state index contributed by atoms with van der Waals surface area (Å²) in [6.07, 6.45) is 0. The van der Waals surface area contributed by atoms with Crippen LogP contribution in [0.5, 0.6) is 11.5 Å². The van der Waals surface area contributed by atoms with Crippen LogP contribution in [0.3, 0.4) is 0 Å². The number of para-hydroxylation sites is 2. The molecule has 2 N–H and O–H groups in total. The predicted molar refractivity (Wildman–Crippen MR) is 104 cm³/mol. The molecule has 0 aliphatic heterocycles. The highest BCUT2D eigenvalue weighted by atomic mass is 35.5. The number of methoxy groups -OCH3 is 1. The van der Waals surface area contributed by atoms with E-state index in [-0.39, 0.29) is 23.5 Å².